The van der Waals surface area contributed by atoms with Crippen LogP contribution in [0.15, 0.2) is 83.7 Å². The summed E-state index contributed by atoms with van der Waals surface area (Å²) in [6.45, 7) is 3.87. The van der Waals surface area contributed by atoms with Crippen molar-refractivity contribution in [2.24, 2.45) is 7.05 Å². The smallest absolute Gasteiger partial charge is 0.276 e. The molecule has 0 radical (unpaired) electrons. The average molecular weight is 456 g/mol. The third-order valence-electron chi connectivity index (χ3n) is 6.60. The second-order valence-electron chi connectivity index (χ2n) is 8.67. The molecular formula is C28H29N3O3. The summed E-state index contributed by atoms with van der Waals surface area (Å²) in [4.78, 5) is 15.8. The molecule has 0 saturated heterocycles. The number of rotatable bonds is 5. The predicted molar refractivity (Wildman–Crippen MR) is 133 cm³/mol. The number of fused-ring (bicyclic) bond motifs is 1. The minimum atomic E-state index is -0.222. The molecule has 4 aromatic rings. The maximum absolute atomic E-state index is 13.5. The van der Waals surface area contributed by atoms with Crippen molar-refractivity contribution in [1.82, 2.24) is 14.3 Å². The lowest BCUT2D eigenvalue weighted by Gasteiger charge is -2.25. The molecule has 3 aromatic carbocycles. The van der Waals surface area contributed by atoms with Gasteiger partial charge in [0, 0.05) is 43.5 Å². The van der Waals surface area contributed by atoms with Crippen molar-refractivity contribution in [3.63, 3.8) is 0 Å². The zero-order chi connectivity index (χ0) is 23.7. The first-order valence-electron chi connectivity index (χ1n) is 11.5. The number of hydrogen-bond acceptors (Lipinski definition) is 4. The molecule has 0 N–H and O–H groups in total. The molecule has 0 saturated carbocycles. The Balaban J connectivity index is 1.53. The van der Waals surface area contributed by atoms with Crippen LogP contribution in [0.3, 0.4) is 0 Å². The van der Waals surface area contributed by atoms with Gasteiger partial charge in [-0.05, 0) is 31.2 Å². The summed E-state index contributed by atoms with van der Waals surface area (Å²) in [7, 11) is 3.62. The van der Waals surface area contributed by atoms with E-state index in [-0.39, 0.29) is 11.7 Å². The standard InChI is InChI=1S/C28H29N3O3/c1-20-24(28(32)31(29(20)2)22-12-5-4-6-13-22)18-30-17-21-11-7-9-15-25(21)34-27(19-30)23-14-8-10-16-26(23)33-3/h4-16,27H,17-19H2,1-3H3. The molecule has 0 spiro atoms. The van der Waals surface area contributed by atoms with E-state index in [1.165, 1.54) is 0 Å². The first-order valence-corrected chi connectivity index (χ1v) is 11.5. The summed E-state index contributed by atoms with van der Waals surface area (Å²) >= 11 is 0. The summed E-state index contributed by atoms with van der Waals surface area (Å²) in [5.74, 6) is 1.67. The Bertz CT molecular complexity index is 1360. The highest BCUT2D eigenvalue weighted by Gasteiger charge is 2.28. The Morgan fingerprint density at radius 2 is 1.68 bits per heavy atom. The quantitative estimate of drug-likeness (QED) is 0.440. The molecule has 1 unspecified atom stereocenters. The zero-order valence-corrected chi connectivity index (χ0v) is 19.8. The van der Waals surface area contributed by atoms with Crippen LogP contribution in [0.5, 0.6) is 11.5 Å². The second-order valence-corrected chi connectivity index (χ2v) is 8.67. The van der Waals surface area contributed by atoms with Crippen LogP contribution in [0, 0.1) is 6.92 Å². The second kappa shape index (κ2) is 9.23. The van der Waals surface area contributed by atoms with E-state index in [1.54, 1.807) is 11.8 Å². The van der Waals surface area contributed by atoms with Crippen molar-refractivity contribution < 1.29 is 9.47 Å². The lowest BCUT2D eigenvalue weighted by molar-refractivity contribution is 0.141. The van der Waals surface area contributed by atoms with Crippen LogP contribution >= 0.6 is 0 Å². The van der Waals surface area contributed by atoms with Gasteiger partial charge in [0.2, 0.25) is 0 Å². The van der Waals surface area contributed by atoms with Gasteiger partial charge in [-0.2, -0.15) is 0 Å². The molecule has 6 heteroatoms. The fourth-order valence-corrected chi connectivity index (χ4v) is 4.72. The average Bonchev–Trinajstić information content (AvgIpc) is 3.00. The van der Waals surface area contributed by atoms with E-state index in [9.17, 15) is 4.79 Å². The van der Waals surface area contributed by atoms with E-state index in [0.717, 1.165) is 39.6 Å². The molecule has 1 aliphatic rings. The Morgan fingerprint density at radius 3 is 2.47 bits per heavy atom. The van der Waals surface area contributed by atoms with E-state index in [0.29, 0.717) is 19.6 Å². The normalized spacial score (nSPS) is 15.9. The number of nitrogens with zero attached hydrogens (tertiary/aromatic N) is 3. The monoisotopic (exact) mass is 455 g/mol. The van der Waals surface area contributed by atoms with Crippen LogP contribution in [0.2, 0.25) is 0 Å². The largest absolute Gasteiger partial charge is 0.496 e. The van der Waals surface area contributed by atoms with Crippen molar-refractivity contribution in [3.05, 3.63) is 112 Å². The molecule has 0 fully saturated rings. The summed E-state index contributed by atoms with van der Waals surface area (Å²) in [5, 5.41) is 0. The van der Waals surface area contributed by atoms with Gasteiger partial charge in [0.05, 0.1) is 18.4 Å². The summed E-state index contributed by atoms with van der Waals surface area (Å²) in [6.07, 6.45) is -0.222. The van der Waals surface area contributed by atoms with Gasteiger partial charge in [0.25, 0.3) is 5.56 Å². The van der Waals surface area contributed by atoms with Gasteiger partial charge in [-0.15, -0.1) is 0 Å². The third-order valence-corrected chi connectivity index (χ3v) is 6.60. The molecule has 1 atom stereocenters. The highest BCUT2D eigenvalue weighted by molar-refractivity contribution is 5.40. The Kier molecular flexibility index (Phi) is 5.99. The molecule has 0 bridgehead atoms. The Morgan fingerprint density at radius 1 is 0.971 bits per heavy atom. The van der Waals surface area contributed by atoms with Crippen molar-refractivity contribution >= 4 is 0 Å². The number of ether oxygens (including phenoxy) is 2. The molecule has 174 valence electrons. The van der Waals surface area contributed by atoms with Gasteiger partial charge in [-0.1, -0.05) is 54.6 Å². The van der Waals surface area contributed by atoms with Gasteiger partial charge in [0.15, 0.2) is 0 Å². The van der Waals surface area contributed by atoms with Crippen molar-refractivity contribution in [2.45, 2.75) is 26.1 Å². The molecule has 0 amide bonds. The van der Waals surface area contributed by atoms with Crippen LogP contribution in [-0.4, -0.2) is 27.9 Å². The summed E-state index contributed by atoms with van der Waals surface area (Å²) < 4.78 is 15.8. The Labute approximate surface area is 199 Å². The minimum absolute atomic E-state index is 0.0125. The SMILES string of the molecule is COc1ccccc1C1CN(Cc2c(C)n(C)n(-c3ccccc3)c2=O)Cc2ccccc2O1. The van der Waals surface area contributed by atoms with E-state index in [2.05, 4.69) is 11.0 Å². The summed E-state index contributed by atoms with van der Waals surface area (Å²) in [6, 6.07) is 25.9. The minimum Gasteiger partial charge on any atom is -0.496 e. The number of para-hydroxylation sites is 3. The van der Waals surface area contributed by atoms with E-state index >= 15 is 0 Å². The van der Waals surface area contributed by atoms with Crippen LogP contribution in [-0.2, 0) is 20.1 Å². The fraction of sp³-hybridized carbons (Fsp3) is 0.250. The molecular weight excluding hydrogens is 426 g/mol. The van der Waals surface area contributed by atoms with Gasteiger partial charge >= 0.3 is 0 Å². The highest BCUT2D eigenvalue weighted by Crippen LogP contribution is 2.35. The first-order chi connectivity index (χ1) is 16.6. The maximum atomic E-state index is 13.5. The van der Waals surface area contributed by atoms with Crippen molar-refractivity contribution in [1.29, 1.82) is 0 Å². The van der Waals surface area contributed by atoms with Crippen LogP contribution in [0.25, 0.3) is 5.69 Å². The zero-order valence-electron chi connectivity index (χ0n) is 19.8. The van der Waals surface area contributed by atoms with Crippen LogP contribution in [0.1, 0.15) is 28.5 Å². The van der Waals surface area contributed by atoms with Crippen molar-refractivity contribution in [3.8, 4) is 17.2 Å². The lowest BCUT2D eigenvalue weighted by atomic mass is 10.1. The van der Waals surface area contributed by atoms with Gasteiger partial charge in [-0.3, -0.25) is 14.4 Å². The topological polar surface area (TPSA) is 48.6 Å². The molecule has 34 heavy (non-hydrogen) atoms. The molecule has 5 rings (SSSR count). The molecule has 2 heterocycles. The van der Waals surface area contributed by atoms with E-state index < -0.39 is 0 Å². The Hall–Kier alpha value is -3.77. The number of aromatic nitrogens is 2. The van der Waals surface area contributed by atoms with Crippen LogP contribution < -0.4 is 15.0 Å². The maximum Gasteiger partial charge on any atom is 0.276 e. The van der Waals surface area contributed by atoms with Crippen LogP contribution in [0.4, 0.5) is 0 Å². The highest BCUT2D eigenvalue weighted by atomic mass is 16.5. The van der Waals surface area contributed by atoms with Gasteiger partial charge in [-0.25, -0.2) is 4.68 Å². The first kappa shape index (κ1) is 22.0. The summed E-state index contributed by atoms with van der Waals surface area (Å²) in [5.41, 5.74) is 4.74. The van der Waals surface area contributed by atoms with E-state index in [1.807, 2.05) is 91.4 Å². The molecule has 1 aliphatic heterocycles. The lowest BCUT2D eigenvalue weighted by Crippen LogP contribution is -2.30. The number of methoxy groups -OCH3 is 1. The number of hydrogen-bond donors (Lipinski definition) is 0. The third kappa shape index (κ3) is 4.01. The van der Waals surface area contributed by atoms with Crippen molar-refractivity contribution in [2.75, 3.05) is 13.7 Å². The van der Waals surface area contributed by atoms with E-state index in [4.69, 9.17) is 9.47 Å². The number of benzene rings is 3. The fourth-order valence-electron chi connectivity index (χ4n) is 4.72. The van der Waals surface area contributed by atoms with Gasteiger partial charge < -0.3 is 9.47 Å². The molecule has 1 aromatic heterocycles. The predicted octanol–water partition coefficient (Wildman–Crippen LogP) is 4.63. The molecule has 6 nitrogen and oxygen atoms in total. The molecule has 0 aliphatic carbocycles. The van der Waals surface area contributed by atoms with Gasteiger partial charge in [0.1, 0.15) is 17.6 Å².